The van der Waals surface area contributed by atoms with Crippen molar-refractivity contribution in [2.75, 3.05) is 5.32 Å². The van der Waals surface area contributed by atoms with Gasteiger partial charge < -0.3 is 15.4 Å². The van der Waals surface area contributed by atoms with Gasteiger partial charge in [-0.25, -0.2) is 0 Å². The smallest absolute Gasteiger partial charge is 0.358 e. The van der Waals surface area contributed by atoms with Gasteiger partial charge in [-0.1, -0.05) is 58.6 Å². The first kappa shape index (κ1) is 18.6. The number of amides is 1. The maximum Gasteiger partial charge on any atom is 0.362 e. The highest BCUT2D eigenvalue weighted by Gasteiger charge is 2.26. The molecule has 2 N–H and O–H groups in total. The van der Waals surface area contributed by atoms with Crippen LogP contribution in [-0.4, -0.2) is 26.8 Å². The van der Waals surface area contributed by atoms with E-state index in [0.29, 0.717) is 10.6 Å². The SMILES string of the molecule is O=C(c1ccccc1)c1cc(Cl)ccc1NC(=O)c1n[nH]c([N+](=O)[O-])c1Cl. The molecule has 0 radical (unpaired) electrons. The van der Waals surface area contributed by atoms with Crippen LogP contribution in [0.2, 0.25) is 10.0 Å². The normalized spacial score (nSPS) is 10.4. The third-order valence-corrected chi connectivity index (χ3v) is 4.19. The second-order valence-corrected chi connectivity index (χ2v) is 6.15. The Hall–Kier alpha value is -3.23. The van der Waals surface area contributed by atoms with Crippen LogP contribution in [0.1, 0.15) is 26.4 Å². The minimum Gasteiger partial charge on any atom is -0.358 e. The van der Waals surface area contributed by atoms with Crippen molar-refractivity contribution in [2.24, 2.45) is 0 Å². The number of carbonyl (C=O) groups is 2. The number of nitrogens with one attached hydrogen (secondary N) is 2. The topological polar surface area (TPSA) is 118 Å². The number of carbonyl (C=O) groups excluding carboxylic acids is 2. The Morgan fingerprint density at radius 1 is 1.11 bits per heavy atom. The summed E-state index contributed by atoms with van der Waals surface area (Å²) in [4.78, 5) is 35.2. The van der Waals surface area contributed by atoms with E-state index in [4.69, 9.17) is 23.2 Å². The Morgan fingerprint density at radius 3 is 2.44 bits per heavy atom. The van der Waals surface area contributed by atoms with Crippen LogP contribution in [-0.2, 0) is 0 Å². The van der Waals surface area contributed by atoms with Crippen LogP contribution in [0.15, 0.2) is 48.5 Å². The second-order valence-electron chi connectivity index (χ2n) is 5.33. The molecule has 1 amide bonds. The van der Waals surface area contributed by atoms with Gasteiger partial charge >= 0.3 is 5.82 Å². The zero-order valence-electron chi connectivity index (χ0n) is 13.4. The molecule has 0 bridgehead atoms. The number of ketones is 1. The van der Waals surface area contributed by atoms with E-state index in [2.05, 4.69) is 15.5 Å². The molecule has 0 spiro atoms. The zero-order valence-corrected chi connectivity index (χ0v) is 14.9. The summed E-state index contributed by atoms with van der Waals surface area (Å²) in [6, 6.07) is 12.8. The Labute approximate surface area is 162 Å². The maximum atomic E-state index is 12.8. The van der Waals surface area contributed by atoms with E-state index in [1.54, 1.807) is 30.3 Å². The van der Waals surface area contributed by atoms with Crippen molar-refractivity contribution in [3.63, 3.8) is 0 Å². The summed E-state index contributed by atoms with van der Waals surface area (Å²) >= 11 is 11.8. The second kappa shape index (κ2) is 7.56. The molecule has 27 heavy (non-hydrogen) atoms. The van der Waals surface area contributed by atoms with Crippen molar-refractivity contribution in [2.45, 2.75) is 0 Å². The molecule has 3 aromatic rings. The molecule has 8 nitrogen and oxygen atoms in total. The molecule has 0 atom stereocenters. The summed E-state index contributed by atoms with van der Waals surface area (Å²) in [7, 11) is 0. The van der Waals surface area contributed by atoms with Crippen molar-refractivity contribution >= 4 is 46.4 Å². The summed E-state index contributed by atoms with van der Waals surface area (Å²) < 4.78 is 0. The van der Waals surface area contributed by atoms with Crippen molar-refractivity contribution in [1.82, 2.24) is 10.2 Å². The average Bonchev–Trinajstić information content (AvgIpc) is 3.05. The predicted molar refractivity (Wildman–Crippen MR) is 99.5 cm³/mol. The summed E-state index contributed by atoms with van der Waals surface area (Å²) in [5.41, 5.74) is 0.364. The lowest BCUT2D eigenvalue weighted by Gasteiger charge is -2.10. The number of aromatic nitrogens is 2. The van der Waals surface area contributed by atoms with Gasteiger partial charge in [-0.2, -0.15) is 0 Å². The van der Waals surface area contributed by atoms with Crippen LogP contribution in [0.5, 0.6) is 0 Å². The minimum atomic E-state index is -0.811. The van der Waals surface area contributed by atoms with Crippen LogP contribution >= 0.6 is 23.2 Å². The number of rotatable bonds is 5. The maximum absolute atomic E-state index is 12.8. The van der Waals surface area contributed by atoms with Gasteiger partial charge in [0.2, 0.25) is 0 Å². The molecule has 0 aliphatic rings. The largest absolute Gasteiger partial charge is 0.362 e. The third-order valence-electron chi connectivity index (χ3n) is 3.60. The van der Waals surface area contributed by atoms with Crippen LogP contribution in [0, 0.1) is 10.1 Å². The van der Waals surface area contributed by atoms with Crippen LogP contribution in [0.3, 0.4) is 0 Å². The van der Waals surface area contributed by atoms with E-state index in [1.807, 2.05) is 0 Å². The Balaban J connectivity index is 1.95. The quantitative estimate of drug-likeness (QED) is 0.376. The Kier molecular flexibility index (Phi) is 5.20. The van der Waals surface area contributed by atoms with Crippen molar-refractivity contribution in [3.8, 4) is 0 Å². The molecule has 0 unspecified atom stereocenters. The molecule has 3 rings (SSSR count). The fraction of sp³-hybridized carbons (Fsp3) is 0. The van der Waals surface area contributed by atoms with Gasteiger partial charge in [-0.15, -0.1) is 5.10 Å². The Bertz CT molecular complexity index is 1050. The van der Waals surface area contributed by atoms with Gasteiger partial charge in [0.1, 0.15) is 0 Å². The number of hydrogen-bond acceptors (Lipinski definition) is 5. The number of nitrogens with zero attached hydrogens (tertiary/aromatic N) is 2. The van der Waals surface area contributed by atoms with Gasteiger partial charge in [0.05, 0.1) is 5.69 Å². The predicted octanol–water partition coefficient (Wildman–Crippen LogP) is 4.11. The summed E-state index contributed by atoms with van der Waals surface area (Å²) in [5, 5.41) is 18.8. The van der Waals surface area contributed by atoms with E-state index in [-0.39, 0.29) is 22.7 Å². The average molecular weight is 405 g/mol. The fourth-order valence-electron chi connectivity index (χ4n) is 2.33. The van der Waals surface area contributed by atoms with E-state index in [1.165, 1.54) is 18.2 Å². The minimum absolute atomic E-state index is 0.156. The standard InChI is InChI=1S/C17H10Cl2N4O4/c18-10-6-7-12(11(8-10)15(24)9-4-2-1-3-5-9)20-17(25)14-13(19)16(22-21-14)23(26)27/h1-8H,(H,20,25)(H,21,22). The summed E-state index contributed by atoms with van der Waals surface area (Å²) in [6.07, 6.45) is 0. The highest BCUT2D eigenvalue weighted by atomic mass is 35.5. The molecule has 2 aromatic carbocycles. The lowest BCUT2D eigenvalue weighted by atomic mass is 10.0. The molecule has 136 valence electrons. The number of nitro groups is 1. The molecular formula is C17H10Cl2N4O4. The van der Waals surface area contributed by atoms with Gasteiger partial charge in [0.15, 0.2) is 16.5 Å². The number of halogens is 2. The number of H-pyrrole nitrogens is 1. The van der Waals surface area contributed by atoms with E-state index < -0.39 is 21.7 Å². The molecule has 0 fully saturated rings. The van der Waals surface area contributed by atoms with Crippen LogP contribution < -0.4 is 5.32 Å². The lowest BCUT2D eigenvalue weighted by Crippen LogP contribution is -2.16. The molecule has 0 aliphatic heterocycles. The van der Waals surface area contributed by atoms with E-state index in [0.717, 1.165) is 0 Å². The molecule has 0 saturated heterocycles. The number of benzene rings is 2. The van der Waals surface area contributed by atoms with Gasteiger partial charge in [-0.05, 0) is 23.1 Å². The summed E-state index contributed by atoms with van der Waals surface area (Å²) in [6.45, 7) is 0. The highest BCUT2D eigenvalue weighted by Crippen LogP contribution is 2.27. The number of hydrogen-bond donors (Lipinski definition) is 2. The first-order valence-electron chi connectivity index (χ1n) is 7.47. The van der Waals surface area contributed by atoms with Crippen molar-refractivity contribution < 1.29 is 14.5 Å². The molecule has 0 saturated carbocycles. The van der Waals surface area contributed by atoms with Crippen molar-refractivity contribution in [1.29, 1.82) is 0 Å². The van der Waals surface area contributed by atoms with Gasteiger partial charge in [0.25, 0.3) is 5.91 Å². The first-order valence-corrected chi connectivity index (χ1v) is 8.23. The monoisotopic (exact) mass is 404 g/mol. The number of anilines is 1. The molecule has 0 aliphatic carbocycles. The van der Waals surface area contributed by atoms with E-state index >= 15 is 0 Å². The Morgan fingerprint density at radius 2 is 1.81 bits per heavy atom. The van der Waals surface area contributed by atoms with Crippen molar-refractivity contribution in [3.05, 3.63) is 85.5 Å². The van der Waals surface area contributed by atoms with Crippen LogP contribution in [0.4, 0.5) is 11.5 Å². The molecular weight excluding hydrogens is 395 g/mol. The van der Waals surface area contributed by atoms with Gasteiger partial charge in [0, 0.05) is 16.1 Å². The molecule has 10 heteroatoms. The van der Waals surface area contributed by atoms with Crippen LogP contribution in [0.25, 0.3) is 0 Å². The third kappa shape index (κ3) is 3.81. The van der Waals surface area contributed by atoms with Gasteiger partial charge in [-0.3, -0.25) is 9.59 Å². The molecule has 1 heterocycles. The zero-order chi connectivity index (χ0) is 19.6. The fourth-order valence-corrected chi connectivity index (χ4v) is 2.74. The summed E-state index contributed by atoms with van der Waals surface area (Å²) in [5.74, 6) is -1.76. The highest BCUT2D eigenvalue weighted by molar-refractivity contribution is 6.36. The number of aromatic amines is 1. The first-order chi connectivity index (χ1) is 12.9. The van der Waals surface area contributed by atoms with E-state index in [9.17, 15) is 19.7 Å². The lowest BCUT2D eigenvalue weighted by molar-refractivity contribution is -0.389. The molecule has 1 aromatic heterocycles.